The molecule has 0 N–H and O–H groups in total. The van der Waals surface area contributed by atoms with Crippen LogP contribution in [-0.4, -0.2) is 43.3 Å². The summed E-state index contributed by atoms with van der Waals surface area (Å²) in [5, 5.41) is 8.11. The Morgan fingerprint density at radius 1 is 1.50 bits per heavy atom. The minimum absolute atomic E-state index is 0.160. The molecule has 5 nitrogen and oxygen atoms in total. The molecule has 1 amide bonds. The lowest BCUT2D eigenvalue weighted by Crippen LogP contribution is -2.35. The Balaban J connectivity index is 1.67. The van der Waals surface area contributed by atoms with Crippen molar-refractivity contribution in [2.75, 3.05) is 26.8 Å². The van der Waals surface area contributed by atoms with E-state index in [2.05, 4.69) is 16.1 Å². The van der Waals surface area contributed by atoms with Gasteiger partial charge >= 0.3 is 0 Å². The van der Waals surface area contributed by atoms with Crippen LogP contribution in [0.5, 0.6) is 0 Å². The third kappa shape index (κ3) is 4.31. The molecule has 1 fully saturated rings. The molecule has 110 valence electrons. The molecular formula is C15H23N3O2. The predicted molar refractivity (Wildman–Crippen MR) is 76.1 cm³/mol. The molecule has 5 heteroatoms. The van der Waals surface area contributed by atoms with E-state index in [-0.39, 0.29) is 11.6 Å². The van der Waals surface area contributed by atoms with Gasteiger partial charge in [-0.3, -0.25) is 4.79 Å². The van der Waals surface area contributed by atoms with Gasteiger partial charge < -0.3 is 9.64 Å². The number of carbonyl (C=O) groups is 1. The van der Waals surface area contributed by atoms with Gasteiger partial charge in [0.15, 0.2) is 5.66 Å². The first-order valence-corrected chi connectivity index (χ1v) is 7.34. The number of terminal acetylenes is 1. The molecule has 0 aliphatic carbocycles. The maximum Gasteiger partial charge on any atom is 0.222 e. The van der Waals surface area contributed by atoms with Crippen molar-refractivity contribution in [2.24, 2.45) is 16.1 Å². The number of carbonyl (C=O) groups excluding carboxylic acids is 1. The molecule has 1 unspecified atom stereocenters. The minimum Gasteiger partial charge on any atom is -0.381 e. The second kappa shape index (κ2) is 6.85. The zero-order valence-electron chi connectivity index (χ0n) is 12.2. The Kier molecular flexibility index (Phi) is 5.13. The normalized spacial score (nSPS) is 23.1. The molecular weight excluding hydrogens is 254 g/mol. The van der Waals surface area contributed by atoms with Crippen LogP contribution < -0.4 is 0 Å². The van der Waals surface area contributed by atoms with E-state index in [1.54, 1.807) is 0 Å². The molecule has 2 aliphatic heterocycles. The first kappa shape index (κ1) is 15.0. The van der Waals surface area contributed by atoms with E-state index in [0.717, 1.165) is 39.0 Å². The molecule has 2 rings (SSSR count). The van der Waals surface area contributed by atoms with Gasteiger partial charge in [-0.15, -0.1) is 12.3 Å². The number of hydrogen-bond donors (Lipinski definition) is 0. The van der Waals surface area contributed by atoms with Gasteiger partial charge in [-0.25, -0.2) is 0 Å². The van der Waals surface area contributed by atoms with Crippen molar-refractivity contribution in [1.29, 1.82) is 0 Å². The minimum atomic E-state index is -0.350. The zero-order chi connectivity index (χ0) is 14.4. The molecule has 2 aliphatic rings. The quantitative estimate of drug-likeness (QED) is 0.670. The number of amides is 1. The largest absolute Gasteiger partial charge is 0.381 e. The van der Waals surface area contributed by atoms with Crippen LogP contribution in [0.3, 0.4) is 0 Å². The first-order valence-electron chi connectivity index (χ1n) is 7.34. The average Bonchev–Trinajstić information content (AvgIpc) is 3.24. The fourth-order valence-electron chi connectivity index (χ4n) is 2.61. The summed E-state index contributed by atoms with van der Waals surface area (Å²) in [6, 6.07) is 0. The van der Waals surface area contributed by atoms with Gasteiger partial charge in [0.2, 0.25) is 5.91 Å². The van der Waals surface area contributed by atoms with Crippen molar-refractivity contribution in [2.45, 2.75) is 44.2 Å². The van der Waals surface area contributed by atoms with Crippen molar-refractivity contribution < 1.29 is 9.53 Å². The number of hydrogen-bond acceptors (Lipinski definition) is 4. The molecule has 0 aromatic carbocycles. The first-order chi connectivity index (χ1) is 9.65. The maximum atomic E-state index is 12.1. The van der Waals surface area contributed by atoms with E-state index < -0.39 is 0 Å². The smallest absolute Gasteiger partial charge is 0.222 e. The second-order valence-corrected chi connectivity index (χ2v) is 5.74. The molecule has 20 heavy (non-hydrogen) atoms. The van der Waals surface area contributed by atoms with E-state index in [9.17, 15) is 4.79 Å². The monoisotopic (exact) mass is 277 g/mol. The summed E-state index contributed by atoms with van der Waals surface area (Å²) >= 11 is 0. The maximum absolute atomic E-state index is 12.1. The summed E-state index contributed by atoms with van der Waals surface area (Å²) < 4.78 is 5.44. The highest BCUT2D eigenvalue weighted by Gasteiger charge is 2.39. The molecule has 0 saturated carbocycles. The van der Waals surface area contributed by atoms with Crippen LogP contribution in [0.4, 0.5) is 0 Å². The Hall–Kier alpha value is -1.41. The zero-order valence-corrected chi connectivity index (χ0v) is 12.2. The number of ether oxygens (including phenoxy) is 1. The molecule has 0 aromatic heterocycles. The lowest BCUT2D eigenvalue weighted by Gasteiger charge is -2.27. The Bertz CT molecular complexity index is 402. The topological polar surface area (TPSA) is 54.3 Å². The Morgan fingerprint density at radius 2 is 2.30 bits per heavy atom. The summed E-state index contributed by atoms with van der Waals surface area (Å²) in [4.78, 5) is 13.9. The number of rotatable bonds is 7. The van der Waals surface area contributed by atoms with Crippen LogP contribution in [-0.2, 0) is 9.53 Å². The Labute approximate surface area is 120 Å². The summed E-state index contributed by atoms with van der Waals surface area (Å²) in [6.07, 6.45) is 10.1. The van der Waals surface area contributed by atoms with Crippen LogP contribution in [0.2, 0.25) is 0 Å². The van der Waals surface area contributed by atoms with Crippen molar-refractivity contribution in [3.05, 3.63) is 0 Å². The molecule has 0 bridgehead atoms. The van der Waals surface area contributed by atoms with E-state index >= 15 is 0 Å². The van der Waals surface area contributed by atoms with Gasteiger partial charge in [-0.05, 0) is 18.8 Å². The summed E-state index contributed by atoms with van der Waals surface area (Å²) in [5.41, 5.74) is -0.350. The highest BCUT2D eigenvalue weighted by molar-refractivity contribution is 5.76. The van der Waals surface area contributed by atoms with E-state index in [1.165, 1.54) is 0 Å². The van der Waals surface area contributed by atoms with Crippen LogP contribution >= 0.6 is 0 Å². The third-order valence-corrected chi connectivity index (χ3v) is 4.00. The van der Waals surface area contributed by atoms with Gasteiger partial charge in [0.05, 0.1) is 6.61 Å². The van der Waals surface area contributed by atoms with Crippen molar-refractivity contribution >= 4 is 5.91 Å². The van der Waals surface area contributed by atoms with Gasteiger partial charge in [-0.1, -0.05) is 0 Å². The van der Waals surface area contributed by atoms with Crippen LogP contribution in [0, 0.1) is 18.3 Å². The standard InChI is InChI=1S/C15H23N3O2/c1-3-4-8-15(16-17-15)9-7-14(19)18(2)11-13-6-5-10-20-12-13/h1,13H,4-12H2,2H3. The van der Waals surface area contributed by atoms with Gasteiger partial charge in [0, 0.05) is 45.9 Å². The number of nitrogens with zero attached hydrogens (tertiary/aromatic N) is 3. The van der Waals surface area contributed by atoms with Gasteiger partial charge in [0.1, 0.15) is 0 Å². The van der Waals surface area contributed by atoms with Crippen LogP contribution in [0.1, 0.15) is 38.5 Å². The highest BCUT2D eigenvalue weighted by Crippen LogP contribution is 2.37. The Morgan fingerprint density at radius 3 is 2.90 bits per heavy atom. The van der Waals surface area contributed by atoms with Gasteiger partial charge in [-0.2, -0.15) is 10.2 Å². The second-order valence-electron chi connectivity index (χ2n) is 5.74. The fraction of sp³-hybridized carbons (Fsp3) is 0.800. The predicted octanol–water partition coefficient (Wildman–Crippen LogP) is 2.23. The lowest BCUT2D eigenvalue weighted by atomic mass is 10.0. The molecule has 0 radical (unpaired) electrons. The van der Waals surface area contributed by atoms with Crippen molar-refractivity contribution in [1.82, 2.24) is 4.90 Å². The van der Waals surface area contributed by atoms with Crippen molar-refractivity contribution in [3.63, 3.8) is 0 Å². The van der Waals surface area contributed by atoms with E-state index in [4.69, 9.17) is 11.2 Å². The fourth-order valence-corrected chi connectivity index (χ4v) is 2.61. The van der Waals surface area contributed by atoms with Crippen LogP contribution in [0.25, 0.3) is 0 Å². The highest BCUT2D eigenvalue weighted by atomic mass is 16.5. The van der Waals surface area contributed by atoms with E-state index in [0.29, 0.717) is 25.2 Å². The van der Waals surface area contributed by atoms with Crippen molar-refractivity contribution in [3.8, 4) is 12.3 Å². The molecule has 1 atom stereocenters. The molecule has 2 heterocycles. The average molecular weight is 277 g/mol. The molecule has 1 saturated heterocycles. The third-order valence-electron chi connectivity index (χ3n) is 4.00. The summed E-state index contributed by atoms with van der Waals surface area (Å²) in [5.74, 6) is 3.23. The van der Waals surface area contributed by atoms with Crippen LogP contribution in [0.15, 0.2) is 10.2 Å². The van der Waals surface area contributed by atoms with E-state index in [1.807, 2.05) is 11.9 Å². The molecule has 0 aromatic rings. The SMILES string of the molecule is C#CCCC1(CCC(=O)N(C)CC2CCCOC2)N=N1. The summed E-state index contributed by atoms with van der Waals surface area (Å²) in [7, 11) is 1.87. The summed E-state index contributed by atoms with van der Waals surface area (Å²) in [6.45, 7) is 2.41. The molecule has 0 spiro atoms. The lowest BCUT2D eigenvalue weighted by molar-refractivity contribution is -0.131. The van der Waals surface area contributed by atoms with Gasteiger partial charge in [0.25, 0.3) is 0 Å².